The number of aromatic nitrogens is 1. The van der Waals surface area contributed by atoms with Gasteiger partial charge in [0, 0.05) is 23.4 Å². The van der Waals surface area contributed by atoms with Crippen LogP contribution in [-0.4, -0.2) is 17.1 Å². The van der Waals surface area contributed by atoms with Crippen LogP contribution in [0.25, 0.3) is 10.9 Å². The molecule has 1 unspecified atom stereocenters. The Morgan fingerprint density at radius 1 is 1.15 bits per heavy atom. The lowest BCUT2D eigenvalue weighted by molar-refractivity contribution is -0.137. The van der Waals surface area contributed by atoms with Crippen molar-refractivity contribution in [3.63, 3.8) is 0 Å². The third-order valence-corrected chi connectivity index (χ3v) is 3.99. The average Bonchev–Trinajstić information content (AvgIpc) is 3.01. The van der Waals surface area contributed by atoms with Gasteiger partial charge in [0.1, 0.15) is 0 Å². The van der Waals surface area contributed by atoms with Crippen LogP contribution in [0.1, 0.15) is 18.1 Å². The molecule has 0 aliphatic heterocycles. The Hall–Kier alpha value is -2.96. The first-order valence-electron chi connectivity index (χ1n) is 8.12. The largest absolute Gasteiger partial charge is 0.416 e. The van der Waals surface area contributed by atoms with Crippen molar-refractivity contribution in [3.05, 3.63) is 65.9 Å². The molecular formula is C19H18F3N3O. The van der Waals surface area contributed by atoms with Crippen molar-refractivity contribution in [3.8, 4) is 0 Å². The Morgan fingerprint density at radius 3 is 2.73 bits per heavy atom. The van der Waals surface area contributed by atoms with E-state index in [1.54, 1.807) is 19.1 Å². The number of halogens is 3. The lowest BCUT2D eigenvalue weighted by atomic mass is 10.0. The summed E-state index contributed by atoms with van der Waals surface area (Å²) in [7, 11) is 0. The molecule has 2 aromatic carbocycles. The van der Waals surface area contributed by atoms with Crippen molar-refractivity contribution in [1.82, 2.24) is 10.3 Å². The topological polar surface area (TPSA) is 56.9 Å². The molecule has 4 nitrogen and oxygen atoms in total. The van der Waals surface area contributed by atoms with Gasteiger partial charge < -0.3 is 15.6 Å². The van der Waals surface area contributed by atoms with Crippen LogP contribution >= 0.6 is 0 Å². The van der Waals surface area contributed by atoms with Gasteiger partial charge in [0.25, 0.3) is 0 Å². The van der Waals surface area contributed by atoms with Gasteiger partial charge in [-0.1, -0.05) is 24.3 Å². The van der Waals surface area contributed by atoms with Crippen LogP contribution in [0.4, 0.5) is 23.7 Å². The first kappa shape index (κ1) is 17.8. The fourth-order valence-corrected chi connectivity index (χ4v) is 2.80. The first-order valence-corrected chi connectivity index (χ1v) is 8.12. The van der Waals surface area contributed by atoms with Crippen molar-refractivity contribution in [2.45, 2.75) is 25.6 Å². The summed E-state index contributed by atoms with van der Waals surface area (Å²) in [4.78, 5) is 15.2. The van der Waals surface area contributed by atoms with Crippen LogP contribution in [0.2, 0.25) is 0 Å². The lowest BCUT2D eigenvalue weighted by Crippen LogP contribution is -2.37. The van der Waals surface area contributed by atoms with E-state index in [4.69, 9.17) is 0 Å². The molecule has 0 fully saturated rings. The van der Waals surface area contributed by atoms with Gasteiger partial charge >= 0.3 is 12.2 Å². The van der Waals surface area contributed by atoms with Gasteiger partial charge in [0.05, 0.1) is 5.56 Å². The SMILES string of the molecule is CC(Cc1cccc(C(F)(F)F)c1)NC(=O)Nc1ccc2cc[nH]c2c1. The highest BCUT2D eigenvalue weighted by Gasteiger charge is 2.30. The monoisotopic (exact) mass is 361 g/mol. The van der Waals surface area contributed by atoms with Crippen molar-refractivity contribution in [2.24, 2.45) is 0 Å². The van der Waals surface area contributed by atoms with Gasteiger partial charge in [-0.2, -0.15) is 13.2 Å². The summed E-state index contributed by atoms with van der Waals surface area (Å²) in [5.41, 5.74) is 1.36. The Labute approximate surface area is 148 Å². The molecule has 1 heterocycles. The van der Waals surface area contributed by atoms with Crippen LogP contribution in [-0.2, 0) is 12.6 Å². The highest BCUT2D eigenvalue weighted by atomic mass is 19.4. The molecule has 0 saturated heterocycles. The van der Waals surface area contributed by atoms with Crippen molar-refractivity contribution in [2.75, 3.05) is 5.32 Å². The molecule has 2 amide bonds. The Kier molecular flexibility index (Phi) is 4.88. The predicted octanol–water partition coefficient (Wildman–Crippen LogP) is 4.94. The zero-order valence-corrected chi connectivity index (χ0v) is 14.0. The summed E-state index contributed by atoms with van der Waals surface area (Å²) >= 11 is 0. The van der Waals surface area contributed by atoms with Crippen LogP contribution in [0, 0.1) is 0 Å². The van der Waals surface area contributed by atoms with Crippen LogP contribution in [0.15, 0.2) is 54.7 Å². The van der Waals surface area contributed by atoms with Crippen LogP contribution in [0.5, 0.6) is 0 Å². The number of nitrogens with one attached hydrogen (secondary N) is 3. The van der Waals surface area contributed by atoms with E-state index in [2.05, 4.69) is 15.6 Å². The highest BCUT2D eigenvalue weighted by molar-refractivity contribution is 5.92. The van der Waals surface area contributed by atoms with E-state index < -0.39 is 17.8 Å². The minimum Gasteiger partial charge on any atom is -0.361 e. The molecule has 3 aromatic rings. The number of fused-ring (bicyclic) bond motifs is 1. The van der Waals surface area contributed by atoms with E-state index in [1.165, 1.54) is 6.07 Å². The number of alkyl halides is 3. The third-order valence-electron chi connectivity index (χ3n) is 3.99. The van der Waals surface area contributed by atoms with E-state index >= 15 is 0 Å². The smallest absolute Gasteiger partial charge is 0.361 e. The number of hydrogen-bond acceptors (Lipinski definition) is 1. The molecule has 0 saturated carbocycles. The number of H-pyrrole nitrogens is 1. The first-order chi connectivity index (χ1) is 12.3. The quantitative estimate of drug-likeness (QED) is 0.606. The maximum Gasteiger partial charge on any atom is 0.416 e. The molecule has 3 N–H and O–H groups in total. The molecule has 0 spiro atoms. The van der Waals surface area contributed by atoms with E-state index in [0.717, 1.165) is 23.0 Å². The molecular weight excluding hydrogens is 343 g/mol. The summed E-state index contributed by atoms with van der Waals surface area (Å²) in [6.45, 7) is 1.74. The Balaban J connectivity index is 1.59. The summed E-state index contributed by atoms with van der Waals surface area (Å²) in [6, 6.07) is 11.8. The van der Waals surface area contributed by atoms with Crippen LogP contribution in [0.3, 0.4) is 0 Å². The molecule has 0 radical (unpaired) electrons. The number of anilines is 1. The summed E-state index contributed by atoms with van der Waals surface area (Å²) in [6.07, 6.45) is -2.26. The van der Waals surface area contributed by atoms with Crippen LogP contribution < -0.4 is 10.6 Å². The van der Waals surface area contributed by atoms with Crippen molar-refractivity contribution >= 4 is 22.6 Å². The molecule has 7 heteroatoms. The fourth-order valence-electron chi connectivity index (χ4n) is 2.80. The van der Waals surface area contributed by atoms with Gasteiger partial charge in [0.15, 0.2) is 0 Å². The number of carbonyl (C=O) groups excluding carboxylic acids is 1. The molecule has 0 aliphatic carbocycles. The maximum absolute atomic E-state index is 12.8. The van der Waals surface area contributed by atoms with Gasteiger partial charge in [-0.05, 0) is 48.6 Å². The van der Waals surface area contributed by atoms with Gasteiger partial charge in [-0.25, -0.2) is 4.79 Å². The molecule has 1 aromatic heterocycles. The third kappa shape index (κ3) is 4.36. The van der Waals surface area contributed by atoms with Crippen molar-refractivity contribution in [1.29, 1.82) is 0 Å². The average molecular weight is 361 g/mol. The summed E-state index contributed by atoms with van der Waals surface area (Å²) in [5, 5.41) is 6.50. The number of carbonyl (C=O) groups is 1. The van der Waals surface area contributed by atoms with E-state index in [1.807, 2.05) is 24.4 Å². The highest BCUT2D eigenvalue weighted by Crippen LogP contribution is 2.29. The number of rotatable bonds is 4. The molecule has 3 rings (SSSR count). The number of urea groups is 1. The van der Waals surface area contributed by atoms with E-state index in [0.29, 0.717) is 17.7 Å². The second kappa shape index (κ2) is 7.11. The fraction of sp³-hybridized carbons (Fsp3) is 0.211. The standard InChI is InChI=1S/C19H18F3N3O/c1-12(9-13-3-2-4-15(10-13)19(20,21)22)24-18(26)25-16-6-5-14-7-8-23-17(14)11-16/h2-8,10-12,23H,9H2,1H3,(H2,24,25,26). The number of aromatic amines is 1. The minimum absolute atomic E-state index is 0.299. The summed E-state index contributed by atoms with van der Waals surface area (Å²) in [5.74, 6) is 0. The van der Waals surface area contributed by atoms with Gasteiger partial charge in [-0.15, -0.1) is 0 Å². The van der Waals surface area contributed by atoms with E-state index in [-0.39, 0.29) is 6.04 Å². The number of amides is 2. The molecule has 136 valence electrons. The minimum atomic E-state index is -4.37. The van der Waals surface area contributed by atoms with Gasteiger partial charge in [-0.3, -0.25) is 0 Å². The maximum atomic E-state index is 12.8. The lowest BCUT2D eigenvalue weighted by Gasteiger charge is -2.16. The predicted molar refractivity (Wildman–Crippen MR) is 95.1 cm³/mol. The molecule has 1 atom stereocenters. The molecule has 0 aliphatic rings. The Morgan fingerprint density at radius 2 is 1.96 bits per heavy atom. The second-order valence-electron chi connectivity index (χ2n) is 6.18. The summed E-state index contributed by atoms with van der Waals surface area (Å²) < 4.78 is 38.3. The zero-order valence-electron chi connectivity index (χ0n) is 14.0. The normalized spacial score (nSPS) is 12.8. The number of benzene rings is 2. The van der Waals surface area contributed by atoms with Crippen molar-refractivity contribution < 1.29 is 18.0 Å². The van der Waals surface area contributed by atoms with Gasteiger partial charge in [0.2, 0.25) is 0 Å². The molecule has 26 heavy (non-hydrogen) atoms. The molecule has 0 bridgehead atoms. The number of hydrogen-bond donors (Lipinski definition) is 3. The zero-order chi connectivity index (χ0) is 18.7. The second-order valence-corrected chi connectivity index (χ2v) is 6.18. The Bertz CT molecular complexity index is 918. The van der Waals surface area contributed by atoms with E-state index in [9.17, 15) is 18.0 Å².